The van der Waals surface area contributed by atoms with E-state index >= 15 is 0 Å². The number of hydrogen-bond acceptors (Lipinski definition) is 8. The molecule has 1 aliphatic heterocycles. The van der Waals surface area contributed by atoms with Gasteiger partial charge in [0.05, 0.1) is 35.8 Å². The second-order valence-corrected chi connectivity index (χ2v) is 15.5. The Hall–Kier alpha value is -3.34. The van der Waals surface area contributed by atoms with Crippen molar-refractivity contribution in [2.24, 2.45) is 10.7 Å². The molecule has 0 radical (unpaired) electrons. The van der Waals surface area contributed by atoms with E-state index in [1.54, 1.807) is 18.6 Å². The maximum Gasteiger partial charge on any atom is 0.140 e. The molecule has 36 heavy (non-hydrogen) atoms. The molecule has 0 unspecified atom stereocenters. The zero-order valence-electron chi connectivity index (χ0n) is 21.4. The highest BCUT2D eigenvalue weighted by Gasteiger charge is 2.20. The average Bonchev–Trinajstić information content (AvgIpc) is 3.25. The number of hydrogen-bond donors (Lipinski definition) is 1. The van der Waals surface area contributed by atoms with Gasteiger partial charge < -0.3 is 20.1 Å². The van der Waals surface area contributed by atoms with Gasteiger partial charge in [0.2, 0.25) is 0 Å². The third-order valence-corrected chi connectivity index (χ3v) is 7.67. The first-order valence-corrected chi connectivity index (χ1v) is 15.9. The number of nitrogens with two attached hydrogens (primary N) is 1. The molecule has 190 valence electrons. The standard InChI is InChI=1S/C26H35N7O2Si/c1-5-22(28-9-8-27)20-6-7-23-21(16-20)26(33(31-23)19-35-14-15-36(2,3)4)24-17-25(30-18-29-24)32-10-12-34-13-11-32/h5-9,16-18H,1,10-15,19,27H2,2-4H3/b9-8-,28-22?. The van der Waals surface area contributed by atoms with Crippen molar-refractivity contribution in [1.82, 2.24) is 19.7 Å². The van der Waals surface area contributed by atoms with Crippen molar-refractivity contribution in [2.75, 3.05) is 37.8 Å². The lowest BCUT2D eigenvalue weighted by Crippen LogP contribution is -2.36. The molecule has 2 N–H and O–H groups in total. The number of fused-ring (bicyclic) bond motifs is 1. The number of benzene rings is 1. The van der Waals surface area contributed by atoms with E-state index in [9.17, 15) is 0 Å². The van der Waals surface area contributed by atoms with Crippen molar-refractivity contribution in [3.8, 4) is 11.4 Å². The van der Waals surface area contributed by atoms with Crippen LogP contribution in [0.5, 0.6) is 0 Å². The molecule has 0 aliphatic carbocycles. The van der Waals surface area contributed by atoms with Crippen molar-refractivity contribution in [2.45, 2.75) is 32.4 Å². The predicted molar refractivity (Wildman–Crippen MR) is 148 cm³/mol. The highest BCUT2D eigenvalue weighted by atomic mass is 28.3. The molecule has 0 amide bonds. The van der Waals surface area contributed by atoms with Crippen LogP contribution in [0.2, 0.25) is 25.7 Å². The lowest BCUT2D eigenvalue weighted by atomic mass is 10.0. The molecule has 2 aromatic heterocycles. The fraction of sp³-hybridized carbons (Fsp3) is 0.385. The predicted octanol–water partition coefficient (Wildman–Crippen LogP) is 4.05. The number of ether oxygens (including phenoxy) is 2. The minimum absolute atomic E-state index is 0.346. The summed E-state index contributed by atoms with van der Waals surface area (Å²) in [4.78, 5) is 15.8. The number of anilines is 1. The van der Waals surface area contributed by atoms with Crippen molar-refractivity contribution in [3.05, 3.63) is 61.2 Å². The largest absolute Gasteiger partial charge is 0.403 e. The van der Waals surface area contributed by atoms with E-state index in [4.69, 9.17) is 20.3 Å². The Bertz CT molecular complexity index is 1260. The van der Waals surface area contributed by atoms with Crippen molar-refractivity contribution >= 4 is 30.5 Å². The SMILES string of the molecule is C=CC(=N/C=C\N)c1ccc2nn(COCC[Si](C)(C)C)c(-c3cc(N4CCOCC4)ncn3)c2c1. The van der Waals surface area contributed by atoms with Gasteiger partial charge in [-0.25, -0.2) is 14.6 Å². The Labute approximate surface area is 213 Å². The molecule has 1 aromatic carbocycles. The van der Waals surface area contributed by atoms with Crippen molar-refractivity contribution in [3.63, 3.8) is 0 Å². The first-order valence-electron chi connectivity index (χ1n) is 12.2. The highest BCUT2D eigenvalue weighted by Crippen LogP contribution is 2.30. The molecule has 0 saturated carbocycles. The summed E-state index contributed by atoms with van der Waals surface area (Å²) in [6, 6.07) is 9.15. The van der Waals surface area contributed by atoms with Gasteiger partial charge >= 0.3 is 0 Å². The van der Waals surface area contributed by atoms with Gasteiger partial charge in [-0.05, 0) is 24.3 Å². The summed E-state index contributed by atoms with van der Waals surface area (Å²) in [5, 5.41) is 5.82. The van der Waals surface area contributed by atoms with E-state index in [0.29, 0.717) is 26.6 Å². The normalized spacial score (nSPS) is 15.2. The van der Waals surface area contributed by atoms with Gasteiger partial charge in [0.1, 0.15) is 18.9 Å². The lowest BCUT2D eigenvalue weighted by molar-refractivity contribution is 0.0802. The Balaban J connectivity index is 1.76. The first-order chi connectivity index (χ1) is 17.4. The van der Waals surface area contributed by atoms with Crippen LogP contribution in [0.4, 0.5) is 5.82 Å². The van der Waals surface area contributed by atoms with Crippen LogP contribution in [0, 0.1) is 0 Å². The summed E-state index contributed by atoms with van der Waals surface area (Å²) in [5.74, 6) is 0.876. The number of nitrogens with zero attached hydrogens (tertiary/aromatic N) is 6. The number of allylic oxidation sites excluding steroid dienone is 1. The van der Waals surface area contributed by atoms with Gasteiger partial charge in [0, 0.05) is 57.2 Å². The quantitative estimate of drug-likeness (QED) is 0.252. The smallest absolute Gasteiger partial charge is 0.140 e. The van der Waals surface area contributed by atoms with E-state index < -0.39 is 8.07 Å². The summed E-state index contributed by atoms with van der Waals surface area (Å²) >= 11 is 0. The minimum Gasteiger partial charge on any atom is -0.403 e. The molecule has 1 saturated heterocycles. The van der Waals surface area contributed by atoms with Crippen LogP contribution >= 0.6 is 0 Å². The van der Waals surface area contributed by atoms with Gasteiger partial charge in [-0.1, -0.05) is 32.3 Å². The molecule has 0 spiro atoms. The molecule has 9 nitrogen and oxygen atoms in total. The van der Waals surface area contributed by atoms with Gasteiger partial charge in [-0.3, -0.25) is 4.99 Å². The van der Waals surface area contributed by atoms with Crippen LogP contribution < -0.4 is 10.6 Å². The maximum absolute atomic E-state index is 6.09. The van der Waals surface area contributed by atoms with Gasteiger partial charge in [0.25, 0.3) is 0 Å². The minimum atomic E-state index is -1.20. The summed E-state index contributed by atoms with van der Waals surface area (Å²) < 4.78 is 13.5. The molecule has 0 atom stereocenters. The molecular formula is C26H35N7O2Si. The molecule has 1 fully saturated rings. The molecular weight excluding hydrogens is 470 g/mol. The van der Waals surface area contributed by atoms with Crippen LogP contribution in [-0.2, 0) is 16.2 Å². The number of aromatic nitrogens is 4. The van der Waals surface area contributed by atoms with Crippen LogP contribution in [0.1, 0.15) is 5.56 Å². The molecule has 1 aliphatic rings. The Morgan fingerprint density at radius 2 is 2.03 bits per heavy atom. The van der Waals surface area contributed by atoms with Gasteiger partial charge in [-0.15, -0.1) is 0 Å². The first kappa shape index (κ1) is 25.7. The van der Waals surface area contributed by atoms with Crippen molar-refractivity contribution in [1.29, 1.82) is 0 Å². The zero-order chi connectivity index (χ0) is 25.5. The lowest BCUT2D eigenvalue weighted by Gasteiger charge is -2.27. The fourth-order valence-electron chi connectivity index (χ4n) is 3.99. The summed E-state index contributed by atoms with van der Waals surface area (Å²) in [6.45, 7) is 15.0. The summed E-state index contributed by atoms with van der Waals surface area (Å²) in [6.07, 6.45) is 6.28. The Morgan fingerprint density at radius 3 is 2.75 bits per heavy atom. The van der Waals surface area contributed by atoms with E-state index in [1.807, 2.05) is 22.9 Å². The summed E-state index contributed by atoms with van der Waals surface area (Å²) in [5.41, 5.74) is 9.66. The number of rotatable bonds is 10. The van der Waals surface area contributed by atoms with Crippen LogP contribution in [-0.4, -0.2) is 66.4 Å². The molecule has 10 heteroatoms. The van der Waals surface area contributed by atoms with E-state index in [2.05, 4.69) is 52.1 Å². The second-order valence-electron chi connectivity index (χ2n) is 9.85. The van der Waals surface area contributed by atoms with E-state index in [1.165, 1.54) is 6.20 Å². The van der Waals surface area contributed by atoms with Crippen LogP contribution in [0.25, 0.3) is 22.3 Å². The number of aliphatic imine (C=N–C) groups is 1. The van der Waals surface area contributed by atoms with Crippen LogP contribution in [0.3, 0.4) is 0 Å². The second kappa shape index (κ2) is 11.6. The monoisotopic (exact) mass is 505 g/mol. The Morgan fingerprint density at radius 1 is 1.22 bits per heavy atom. The van der Waals surface area contributed by atoms with Crippen LogP contribution in [0.15, 0.2) is 60.6 Å². The van der Waals surface area contributed by atoms with E-state index in [-0.39, 0.29) is 0 Å². The third kappa shape index (κ3) is 6.25. The number of morpholine rings is 1. The molecule has 3 aromatic rings. The van der Waals surface area contributed by atoms with Crippen molar-refractivity contribution < 1.29 is 9.47 Å². The maximum atomic E-state index is 6.09. The average molecular weight is 506 g/mol. The van der Waals surface area contributed by atoms with Gasteiger partial charge in [-0.2, -0.15) is 5.10 Å². The molecule has 4 rings (SSSR count). The van der Waals surface area contributed by atoms with E-state index in [0.717, 1.165) is 58.5 Å². The highest BCUT2D eigenvalue weighted by molar-refractivity contribution is 6.76. The zero-order valence-corrected chi connectivity index (χ0v) is 22.4. The van der Waals surface area contributed by atoms with Gasteiger partial charge in [0.15, 0.2) is 0 Å². The molecule has 3 heterocycles. The summed E-state index contributed by atoms with van der Waals surface area (Å²) in [7, 11) is -1.20. The molecule has 0 bridgehead atoms. The topological polar surface area (TPSA) is 104 Å². The fourth-order valence-corrected chi connectivity index (χ4v) is 4.75. The Kier molecular flexibility index (Phi) is 8.29. The third-order valence-electron chi connectivity index (χ3n) is 5.97.